The van der Waals surface area contributed by atoms with E-state index in [1.807, 2.05) is 6.07 Å². The number of rotatable bonds is 6. The smallest absolute Gasteiger partial charge is 0.265 e. The van der Waals surface area contributed by atoms with Gasteiger partial charge in [-0.05, 0) is 44.2 Å². The van der Waals surface area contributed by atoms with E-state index in [0.717, 1.165) is 0 Å². The number of nitriles is 1. The molecule has 0 aliphatic carbocycles. The summed E-state index contributed by atoms with van der Waals surface area (Å²) in [5.41, 5.74) is 0.807. The van der Waals surface area contributed by atoms with Crippen molar-refractivity contribution in [2.75, 3.05) is 11.9 Å². The summed E-state index contributed by atoms with van der Waals surface area (Å²) in [5.74, 6) is -0.190. The van der Waals surface area contributed by atoms with Crippen LogP contribution in [0.2, 0.25) is 0 Å². The Morgan fingerprint density at radius 3 is 2.83 bits per heavy atom. The first-order valence-corrected chi connectivity index (χ1v) is 7.43. The lowest BCUT2D eigenvalue weighted by Crippen LogP contribution is -2.30. The van der Waals surface area contributed by atoms with Crippen LogP contribution in [0.3, 0.4) is 0 Å². The first-order valence-electron chi connectivity index (χ1n) is 7.43. The molecule has 24 heavy (non-hydrogen) atoms. The van der Waals surface area contributed by atoms with Crippen LogP contribution in [0.1, 0.15) is 19.4 Å². The van der Waals surface area contributed by atoms with Gasteiger partial charge < -0.3 is 14.8 Å². The molecule has 2 rings (SSSR count). The highest BCUT2D eigenvalue weighted by Crippen LogP contribution is 2.26. The number of carbonyl (C=O) groups is 1. The molecule has 0 saturated carbocycles. The summed E-state index contributed by atoms with van der Waals surface area (Å²) < 4.78 is 24.1. The second-order valence-electron chi connectivity index (χ2n) is 4.96. The topological polar surface area (TPSA) is 71.3 Å². The molecule has 5 nitrogen and oxygen atoms in total. The fraction of sp³-hybridized carbons (Fsp3) is 0.222. The van der Waals surface area contributed by atoms with Crippen molar-refractivity contribution in [1.82, 2.24) is 0 Å². The van der Waals surface area contributed by atoms with Gasteiger partial charge in [-0.25, -0.2) is 4.39 Å². The second kappa shape index (κ2) is 7.97. The Balaban J connectivity index is 2.07. The second-order valence-corrected chi connectivity index (χ2v) is 4.96. The van der Waals surface area contributed by atoms with Crippen LogP contribution < -0.4 is 14.8 Å². The van der Waals surface area contributed by atoms with Gasteiger partial charge in [-0.15, -0.1) is 0 Å². The number of nitrogens with zero attached hydrogens (tertiary/aromatic N) is 1. The van der Waals surface area contributed by atoms with Crippen LogP contribution in [-0.4, -0.2) is 18.6 Å². The van der Waals surface area contributed by atoms with E-state index in [1.165, 1.54) is 18.2 Å². The minimum Gasteiger partial charge on any atom is -0.492 e. The number of hydrogen-bond donors (Lipinski definition) is 1. The van der Waals surface area contributed by atoms with Crippen LogP contribution in [-0.2, 0) is 4.79 Å². The molecule has 0 radical (unpaired) electrons. The number of amides is 1. The number of anilines is 1. The monoisotopic (exact) mass is 328 g/mol. The molecule has 2 aromatic carbocycles. The molecule has 0 heterocycles. The number of ether oxygens (including phenoxy) is 2. The number of benzene rings is 2. The molecule has 124 valence electrons. The molecular formula is C18H17FN2O3. The van der Waals surface area contributed by atoms with Gasteiger partial charge in [0.15, 0.2) is 6.10 Å². The Hall–Kier alpha value is -3.07. The van der Waals surface area contributed by atoms with Gasteiger partial charge in [0.1, 0.15) is 17.3 Å². The van der Waals surface area contributed by atoms with Crippen LogP contribution in [0.5, 0.6) is 11.5 Å². The molecule has 1 amide bonds. The molecule has 0 saturated heterocycles. The van der Waals surface area contributed by atoms with Gasteiger partial charge in [0, 0.05) is 6.07 Å². The van der Waals surface area contributed by atoms with Gasteiger partial charge in [-0.2, -0.15) is 5.26 Å². The highest BCUT2D eigenvalue weighted by atomic mass is 19.1. The molecule has 0 bridgehead atoms. The number of halogens is 1. The summed E-state index contributed by atoms with van der Waals surface area (Å²) in [6, 6.07) is 12.4. The fourth-order valence-electron chi connectivity index (χ4n) is 2.01. The zero-order valence-electron chi connectivity index (χ0n) is 13.4. The van der Waals surface area contributed by atoms with E-state index < -0.39 is 17.8 Å². The van der Waals surface area contributed by atoms with E-state index in [2.05, 4.69) is 5.32 Å². The van der Waals surface area contributed by atoms with Crippen molar-refractivity contribution < 1.29 is 18.7 Å². The van der Waals surface area contributed by atoms with Gasteiger partial charge in [0.05, 0.1) is 23.9 Å². The maximum absolute atomic E-state index is 13.3. The maximum atomic E-state index is 13.3. The van der Waals surface area contributed by atoms with Gasteiger partial charge in [0.25, 0.3) is 5.91 Å². The molecule has 0 spiro atoms. The summed E-state index contributed by atoms with van der Waals surface area (Å²) in [6.45, 7) is 3.70. The maximum Gasteiger partial charge on any atom is 0.265 e. The minimum atomic E-state index is -0.807. The number of carbonyl (C=O) groups excluding carboxylic acids is 1. The van der Waals surface area contributed by atoms with E-state index in [4.69, 9.17) is 14.7 Å². The largest absolute Gasteiger partial charge is 0.492 e. The third-order valence-corrected chi connectivity index (χ3v) is 3.15. The number of nitrogens with one attached hydrogen (secondary N) is 1. The number of hydrogen-bond acceptors (Lipinski definition) is 4. The summed E-state index contributed by atoms with van der Waals surface area (Å²) in [6.07, 6.45) is -0.807. The highest BCUT2D eigenvalue weighted by Gasteiger charge is 2.17. The van der Waals surface area contributed by atoms with Gasteiger partial charge in [-0.1, -0.05) is 6.07 Å². The van der Waals surface area contributed by atoms with Crippen molar-refractivity contribution in [3.8, 4) is 17.6 Å². The molecule has 1 unspecified atom stereocenters. The van der Waals surface area contributed by atoms with Crippen LogP contribution in [0.4, 0.5) is 10.1 Å². The highest BCUT2D eigenvalue weighted by molar-refractivity contribution is 5.95. The predicted octanol–water partition coefficient (Wildman–Crippen LogP) is 3.50. The van der Waals surface area contributed by atoms with Crippen molar-refractivity contribution in [2.45, 2.75) is 20.0 Å². The van der Waals surface area contributed by atoms with Gasteiger partial charge in [-0.3, -0.25) is 4.79 Å². The molecule has 6 heteroatoms. The van der Waals surface area contributed by atoms with Crippen LogP contribution in [0, 0.1) is 17.1 Å². The van der Waals surface area contributed by atoms with Crippen LogP contribution in [0.15, 0.2) is 42.5 Å². The Bertz CT molecular complexity index is 771. The lowest BCUT2D eigenvalue weighted by Gasteiger charge is -2.16. The van der Waals surface area contributed by atoms with E-state index in [-0.39, 0.29) is 5.75 Å². The van der Waals surface area contributed by atoms with Crippen molar-refractivity contribution in [3.63, 3.8) is 0 Å². The average Bonchev–Trinajstić information content (AvgIpc) is 2.57. The SMILES string of the molecule is CCOc1cc(F)ccc1NC(=O)C(C)Oc1cccc(C#N)c1. The van der Waals surface area contributed by atoms with E-state index in [1.54, 1.807) is 38.1 Å². The molecule has 0 fully saturated rings. The lowest BCUT2D eigenvalue weighted by molar-refractivity contribution is -0.122. The summed E-state index contributed by atoms with van der Waals surface area (Å²) in [4.78, 5) is 12.3. The minimum absolute atomic E-state index is 0.254. The quantitative estimate of drug-likeness (QED) is 0.881. The van der Waals surface area contributed by atoms with Crippen molar-refractivity contribution in [2.24, 2.45) is 0 Å². The zero-order chi connectivity index (χ0) is 17.5. The summed E-state index contributed by atoms with van der Waals surface area (Å²) in [7, 11) is 0. The van der Waals surface area contributed by atoms with Crippen molar-refractivity contribution >= 4 is 11.6 Å². The molecule has 1 atom stereocenters. The Labute approximate surface area is 139 Å². The van der Waals surface area contributed by atoms with E-state index in [0.29, 0.717) is 23.6 Å². The average molecular weight is 328 g/mol. The fourth-order valence-corrected chi connectivity index (χ4v) is 2.01. The first kappa shape index (κ1) is 17.3. The first-order chi connectivity index (χ1) is 11.5. The lowest BCUT2D eigenvalue weighted by atomic mass is 10.2. The molecule has 0 aliphatic rings. The summed E-state index contributed by atoms with van der Waals surface area (Å²) in [5, 5.41) is 11.5. The van der Waals surface area contributed by atoms with E-state index >= 15 is 0 Å². The van der Waals surface area contributed by atoms with Gasteiger partial charge >= 0.3 is 0 Å². The third-order valence-electron chi connectivity index (χ3n) is 3.15. The third kappa shape index (κ3) is 4.46. The predicted molar refractivity (Wildman–Crippen MR) is 87.4 cm³/mol. The normalized spacial score (nSPS) is 11.2. The Morgan fingerprint density at radius 1 is 1.33 bits per heavy atom. The summed E-state index contributed by atoms with van der Waals surface area (Å²) >= 11 is 0. The van der Waals surface area contributed by atoms with Crippen LogP contribution >= 0.6 is 0 Å². The Kier molecular flexibility index (Phi) is 5.74. The van der Waals surface area contributed by atoms with Crippen molar-refractivity contribution in [3.05, 3.63) is 53.8 Å². The standard InChI is InChI=1S/C18H17FN2O3/c1-3-23-17-10-14(19)7-8-16(17)21-18(22)12(2)24-15-6-4-5-13(9-15)11-20/h4-10,12H,3H2,1-2H3,(H,21,22). The van der Waals surface area contributed by atoms with Crippen LogP contribution in [0.25, 0.3) is 0 Å². The van der Waals surface area contributed by atoms with Gasteiger partial charge in [0.2, 0.25) is 0 Å². The molecule has 0 aliphatic heterocycles. The Morgan fingerprint density at radius 2 is 2.12 bits per heavy atom. The molecule has 1 N–H and O–H groups in total. The zero-order valence-corrected chi connectivity index (χ0v) is 13.4. The molecular weight excluding hydrogens is 311 g/mol. The molecule has 2 aromatic rings. The van der Waals surface area contributed by atoms with E-state index in [9.17, 15) is 9.18 Å². The van der Waals surface area contributed by atoms with Crippen molar-refractivity contribution in [1.29, 1.82) is 5.26 Å². The molecule has 0 aromatic heterocycles.